The number of hydrogen-bond acceptors (Lipinski definition) is 8. The Morgan fingerprint density at radius 3 is 0.720 bits per heavy atom. The molecule has 2 amide bonds. The van der Waals surface area contributed by atoms with Gasteiger partial charge in [-0.2, -0.15) is 0 Å². The largest absolute Gasteiger partial charge is 0.480 e. The number of nitrogens with two attached hydrogens (primary N) is 5. The summed E-state index contributed by atoms with van der Waals surface area (Å²) in [5.74, 6) is -3.87. The Balaban J connectivity index is -0.0000000667. The highest BCUT2D eigenvalue weighted by atomic mass is 16.4. The summed E-state index contributed by atoms with van der Waals surface area (Å²) >= 11 is 0. The Hall–Kier alpha value is -3.29. The zero-order valence-corrected chi connectivity index (χ0v) is 13.5. The summed E-state index contributed by atoms with van der Waals surface area (Å²) in [4.78, 5) is 46.7. The van der Waals surface area contributed by atoms with Crippen molar-refractivity contribution in [3.63, 3.8) is 0 Å². The van der Waals surface area contributed by atoms with Crippen LogP contribution >= 0.6 is 0 Å². The van der Waals surface area contributed by atoms with Crippen LogP contribution in [0.4, 0.5) is 0 Å². The molecule has 0 aliphatic heterocycles. The van der Waals surface area contributed by atoms with Crippen molar-refractivity contribution < 1.29 is 39.3 Å². The second-order valence-corrected chi connectivity index (χ2v) is 3.01. The standard InChI is InChI=1S/2C3H5NO.3C2H5NO2/c2*1-2-3(4)5;3*3-1-2(4)5/h2*2H,1H2,(H2,4,5);3*1,3H2,(H,4,5). The van der Waals surface area contributed by atoms with Crippen molar-refractivity contribution in [2.75, 3.05) is 19.6 Å². The molecule has 0 aliphatic carbocycles. The van der Waals surface area contributed by atoms with E-state index in [4.69, 9.17) is 15.3 Å². The monoisotopic (exact) mass is 367 g/mol. The third kappa shape index (κ3) is 161. The zero-order chi connectivity index (χ0) is 21.4. The van der Waals surface area contributed by atoms with Gasteiger partial charge in [0.1, 0.15) is 0 Å². The molecule has 0 saturated heterocycles. The van der Waals surface area contributed by atoms with Gasteiger partial charge >= 0.3 is 17.9 Å². The Morgan fingerprint density at radius 1 is 0.640 bits per heavy atom. The van der Waals surface area contributed by atoms with Crippen molar-refractivity contribution in [1.29, 1.82) is 0 Å². The number of carbonyl (C=O) groups is 5. The SMILES string of the molecule is C=CC(N)=O.C=CC(N)=O.NCC(=O)O.NCC(=O)O.NCC(=O)O. The lowest BCUT2D eigenvalue weighted by Gasteiger charge is -1.73. The maximum absolute atomic E-state index is 9.47. The molecule has 0 unspecified atom stereocenters. The minimum absolute atomic E-state index is 0.278. The molecule has 0 bridgehead atoms. The van der Waals surface area contributed by atoms with Crippen molar-refractivity contribution in [2.45, 2.75) is 0 Å². The number of carboxylic acid groups (broad SMARTS) is 3. The molecule has 0 saturated carbocycles. The van der Waals surface area contributed by atoms with Crippen LogP contribution in [0.15, 0.2) is 25.3 Å². The minimum Gasteiger partial charge on any atom is -0.480 e. The predicted molar refractivity (Wildman–Crippen MR) is 88.9 cm³/mol. The van der Waals surface area contributed by atoms with Crippen molar-refractivity contribution in [2.24, 2.45) is 28.7 Å². The van der Waals surface area contributed by atoms with E-state index < -0.39 is 29.7 Å². The predicted octanol–water partition coefficient (Wildman–Crippen LogP) is -3.60. The highest BCUT2D eigenvalue weighted by Crippen LogP contribution is 1.49. The third-order valence-electron chi connectivity index (χ3n) is 0.926. The van der Waals surface area contributed by atoms with Gasteiger partial charge in [0.15, 0.2) is 0 Å². The normalized spacial score (nSPS) is 7.00. The van der Waals surface area contributed by atoms with Gasteiger partial charge < -0.3 is 44.0 Å². The molecule has 0 radical (unpaired) electrons. The van der Waals surface area contributed by atoms with Gasteiger partial charge in [-0.05, 0) is 12.2 Å². The second kappa shape index (κ2) is 28.8. The average Bonchev–Trinajstić information content (AvgIpc) is 2.56. The lowest BCUT2D eigenvalue weighted by Crippen LogP contribution is -2.10. The molecular formula is C12H25N5O8. The average molecular weight is 367 g/mol. The van der Waals surface area contributed by atoms with Gasteiger partial charge in [-0.3, -0.25) is 24.0 Å². The van der Waals surface area contributed by atoms with Gasteiger partial charge in [0, 0.05) is 0 Å². The number of amides is 2. The van der Waals surface area contributed by atoms with Crippen LogP contribution in [-0.2, 0) is 24.0 Å². The Kier molecular flexibility index (Phi) is 38.4. The molecule has 0 fully saturated rings. The van der Waals surface area contributed by atoms with E-state index in [1.165, 1.54) is 0 Å². The van der Waals surface area contributed by atoms with Crippen molar-refractivity contribution in [3.8, 4) is 0 Å². The molecule has 13 nitrogen and oxygen atoms in total. The van der Waals surface area contributed by atoms with Crippen LogP contribution in [0.2, 0.25) is 0 Å². The fourth-order valence-corrected chi connectivity index (χ4v) is 0. The van der Waals surface area contributed by atoms with E-state index in [9.17, 15) is 24.0 Å². The third-order valence-corrected chi connectivity index (χ3v) is 0.926. The van der Waals surface area contributed by atoms with E-state index in [1.807, 2.05) is 0 Å². The zero-order valence-electron chi connectivity index (χ0n) is 13.5. The molecule has 0 aromatic carbocycles. The van der Waals surface area contributed by atoms with E-state index in [1.54, 1.807) is 0 Å². The maximum Gasteiger partial charge on any atom is 0.317 e. The summed E-state index contributed by atoms with van der Waals surface area (Å²) in [6.07, 6.45) is 2.11. The molecule has 0 aliphatic rings. The van der Waals surface area contributed by atoms with Gasteiger partial charge in [0.25, 0.3) is 0 Å². The van der Waals surface area contributed by atoms with Gasteiger partial charge in [-0.25, -0.2) is 0 Å². The fraction of sp³-hybridized carbons (Fsp3) is 0.250. The van der Waals surface area contributed by atoms with Crippen LogP contribution in [0.1, 0.15) is 0 Å². The Labute approximate surface area is 143 Å². The topological polar surface area (TPSA) is 276 Å². The van der Waals surface area contributed by atoms with Crippen LogP contribution in [0.3, 0.4) is 0 Å². The molecular weight excluding hydrogens is 342 g/mol. The molecule has 13 N–H and O–H groups in total. The smallest absolute Gasteiger partial charge is 0.317 e. The van der Waals surface area contributed by atoms with Crippen LogP contribution in [0.5, 0.6) is 0 Å². The molecule has 0 atom stereocenters. The molecule has 25 heavy (non-hydrogen) atoms. The molecule has 0 aromatic heterocycles. The second-order valence-electron chi connectivity index (χ2n) is 3.01. The quantitative estimate of drug-likeness (QED) is 0.220. The van der Waals surface area contributed by atoms with Crippen LogP contribution < -0.4 is 28.7 Å². The van der Waals surface area contributed by atoms with Crippen molar-refractivity contribution >= 4 is 29.7 Å². The first-order chi connectivity index (χ1) is 11.4. The number of rotatable bonds is 5. The number of carbonyl (C=O) groups excluding carboxylic acids is 2. The first kappa shape index (κ1) is 33.3. The summed E-state index contributed by atoms with van der Waals surface area (Å²) in [6, 6.07) is 0. The van der Waals surface area contributed by atoms with Crippen LogP contribution in [0.25, 0.3) is 0 Å². The first-order valence-electron chi connectivity index (χ1n) is 5.95. The number of carboxylic acids is 3. The maximum atomic E-state index is 9.47. The molecule has 146 valence electrons. The van der Waals surface area contributed by atoms with Gasteiger partial charge in [0.05, 0.1) is 19.6 Å². The minimum atomic E-state index is -0.968. The molecule has 13 heteroatoms. The van der Waals surface area contributed by atoms with Gasteiger partial charge in [0.2, 0.25) is 11.8 Å². The summed E-state index contributed by atoms with van der Waals surface area (Å²) in [5.41, 5.74) is 22.8. The number of aliphatic carboxylic acids is 3. The molecule has 0 heterocycles. The molecule has 0 rings (SSSR count). The fourth-order valence-electron chi connectivity index (χ4n) is 0. The van der Waals surface area contributed by atoms with Crippen LogP contribution in [-0.4, -0.2) is 64.7 Å². The van der Waals surface area contributed by atoms with E-state index in [0.717, 1.165) is 12.2 Å². The highest BCUT2D eigenvalue weighted by molar-refractivity contribution is 5.85. The number of hydrogen-bond donors (Lipinski definition) is 8. The highest BCUT2D eigenvalue weighted by Gasteiger charge is 1.81. The first-order valence-corrected chi connectivity index (χ1v) is 5.95. The molecule has 0 aromatic rings. The molecule has 0 spiro atoms. The Bertz CT molecular complexity index is 374. The van der Waals surface area contributed by atoms with Crippen LogP contribution in [0, 0.1) is 0 Å². The number of primary amides is 2. The van der Waals surface area contributed by atoms with Crippen molar-refractivity contribution in [3.05, 3.63) is 25.3 Å². The van der Waals surface area contributed by atoms with Gasteiger partial charge in [-0.15, -0.1) is 0 Å². The lowest BCUT2D eigenvalue weighted by atomic mass is 10.6. The summed E-state index contributed by atoms with van der Waals surface area (Å²) < 4.78 is 0. The van der Waals surface area contributed by atoms with E-state index in [2.05, 4.69) is 41.8 Å². The summed E-state index contributed by atoms with van der Waals surface area (Å²) in [6.45, 7) is 5.34. The van der Waals surface area contributed by atoms with E-state index in [0.29, 0.717) is 0 Å². The summed E-state index contributed by atoms with van der Waals surface area (Å²) in [7, 11) is 0. The van der Waals surface area contributed by atoms with E-state index in [-0.39, 0.29) is 19.6 Å². The van der Waals surface area contributed by atoms with Crippen molar-refractivity contribution in [1.82, 2.24) is 0 Å². The van der Waals surface area contributed by atoms with Gasteiger partial charge in [-0.1, -0.05) is 13.2 Å². The Morgan fingerprint density at radius 2 is 0.720 bits per heavy atom. The van der Waals surface area contributed by atoms with E-state index >= 15 is 0 Å². The lowest BCUT2D eigenvalue weighted by molar-refractivity contribution is -0.136. The summed E-state index contributed by atoms with van der Waals surface area (Å²) in [5, 5.41) is 22.8.